The Hall–Kier alpha value is -0.910. The number of rotatable bonds is 8. The minimum atomic E-state index is -3.21. The summed E-state index contributed by atoms with van der Waals surface area (Å²) in [6, 6.07) is 8.75. The van der Waals surface area contributed by atoms with Gasteiger partial charge >= 0.3 is 0 Å². The molecule has 2 aliphatic rings. The van der Waals surface area contributed by atoms with Crippen LogP contribution in [0.3, 0.4) is 0 Å². The number of hydrogen-bond donors (Lipinski definition) is 2. The van der Waals surface area contributed by atoms with E-state index in [0.717, 1.165) is 24.9 Å². The van der Waals surface area contributed by atoms with E-state index in [4.69, 9.17) is 0 Å². The van der Waals surface area contributed by atoms with E-state index in [-0.39, 0.29) is 11.8 Å². The van der Waals surface area contributed by atoms with Crippen molar-refractivity contribution >= 4 is 10.0 Å². The average Bonchev–Trinajstić information content (AvgIpc) is 3.33. The van der Waals surface area contributed by atoms with Gasteiger partial charge in [0, 0.05) is 18.6 Å². The fraction of sp³-hybridized carbons (Fsp3) is 0.625. The number of nitrogens with one attached hydrogen (secondary N) is 2. The van der Waals surface area contributed by atoms with Crippen molar-refractivity contribution in [2.45, 2.75) is 57.0 Å². The van der Waals surface area contributed by atoms with Gasteiger partial charge in [0.1, 0.15) is 0 Å². The Labute approximate surface area is 127 Å². The maximum Gasteiger partial charge on any atom is 0.216 e. The third kappa shape index (κ3) is 4.53. The molecule has 4 nitrogen and oxygen atoms in total. The highest BCUT2D eigenvalue weighted by Gasteiger charge is 2.38. The van der Waals surface area contributed by atoms with Crippen molar-refractivity contribution in [2.75, 3.05) is 0 Å². The summed E-state index contributed by atoms with van der Waals surface area (Å²) in [5, 5.41) is 3.46. The van der Waals surface area contributed by atoms with Gasteiger partial charge in [-0.1, -0.05) is 37.6 Å². The lowest BCUT2D eigenvalue weighted by atomic mass is 10.1. The first kappa shape index (κ1) is 15.0. The summed E-state index contributed by atoms with van der Waals surface area (Å²) >= 11 is 0. The first-order valence-corrected chi connectivity index (χ1v) is 9.52. The van der Waals surface area contributed by atoms with Gasteiger partial charge in [0.25, 0.3) is 0 Å². The summed E-state index contributed by atoms with van der Waals surface area (Å²) in [5.74, 6) is 0.617. The van der Waals surface area contributed by atoms with Gasteiger partial charge in [-0.25, -0.2) is 13.1 Å². The highest BCUT2D eigenvalue weighted by Crippen LogP contribution is 2.33. The summed E-state index contributed by atoms with van der Waals surface area (Å²) < 4.78 is 27.0. The van der Waals surface area contributed by atoms with Crippen LogP contribution < -0.4 is 10.0 Å². The smallest absolute Gasteiger partial charge is 0.216 e. The molecule has 2 unspecified atom stereocenters. The lowest BCUT2D eigenvalue weighted by molar-refractivity contribution is 0.575. The van der Waals surface area contributed by atoms with Crippen LogP contribution in [0.15, 0.2) is 24.3 Å². The molecule has 116 valence electrons. The van der Waals surface area contributed by atoms with E-state index in [2.05, 4.69) is 17.0 Å². The van der Waals surface area contributed by atoms with E-state index in [1.807, 2.05) is 24.3 Å². The normalized spacial score (nSPS) is 25.0. The van der Waals surface area contributed by atoms with Crippen LogP contribution in [0.4, 0.5) is 0 Å². The van der Waals surface area contributed by atoms with E-state index < -0.39 is 10.0 Å². The molecule has 21 heavy (non-hydrogen) atoms. The van der Waals surface area contributed by atoms with Gasteiger partial charge in [-0.2, -0.15) is 0 Å². The third-order valence-electron chi connectivity index (χ3n) is 4.33. The molecule has 2 atom stereocenters. The van der Waals surface area contributed by atoms with Gasteiger partial charge < -0.3 is 5.32 Å². The molecule has 0 aliphatic heterocycles. The zero-order chi connectivity index (χ0) is 14.9. The zero-order valence-electron chi connectivity index (χ0n) is 12.5. The van der Waals surface area contributed by atoms with E-state index in [1.54, 1.807) is 0 Å². The van der Waals surface area contributed by atoms with Crippen molar-refractivity contribution < 1.29 is 8.42 Å². The fourth-order valence-corrected chi connectivity index (χ4v) is 4.10. The lowest BCUT2D eigenvalue weighted by Crippen LogP contribution is -2.28. The Morgan fingerprint density at radius 2 is 1.81 bits per heavy atom. The Kier molecular flexibility index (Phi) is 4.33. The van der Waals surface area contributed by atoms with Gasteiger partial charge in [0.05, 0.1) is 5.75 Å². The molecule has 2 aliphatic carbocycles. The maximum absolute atomic E-state index is 12.1. The fourth-order valence-electron chi connectivity index (χ4n) is 2.64. The molecule has 0 heterocycles. The van der Waals surface area contributed by atoms with Crippen LogP contribution in [0.2, 0.25) is 0 Å². The number of sulfonamides is 1. The molecular weight excluding hydrogens is 284 g/mol. The monoisotopic (exact) mass is 308 g/mol. The lowest BCUT2D eigenvalue weighted by Gasteiger charge is -2.08. The van der Waals surface area contributed by atoms with Gasteiger partial charge in [0.15, 0.2) is 0 Å². The van der Waals surface area contributed by atoms with Crippen molar-refractivity contribution in [3.63, 3.8) is 0 Å². The van der Waals surface area contributed by atoms with Crippen LogP contribution in [0, 0.1) is 5.92 Å². The van der Waals surface area contributed by atoms with Gasteiger partial charge in [-0.05, 0) is 36.3 Å². The Bertz CT molecular complexity index is 579. The molecular formula is C16H24N2O2S. The van der Waals surface area contributed by atoms with E-state index in [9.17, 15) is 8.42 Å². The molecule has 0 amide bonds. The van der Waals surface area contributed by atoms with Crippen molar-refractivity contribution in [1.82, 2.24) is 10.0 Å². The molecule has 3 rings (SSSR count). The summed E-state index contributed by atoms with van der Waals surface area (Å²) in [6.45, 7) is 2.98. The molecule has 0 bridgehead atoms. The molecule has 1 aromatic carbocycles. The van der Waals surface area contributed by atoms with Gasteiger partial charge in [0.2, 0.25) is 10.0 Å². The molecule has 2 fully saturated rings. The van der Waals surface area contributed by atoms with Crippen molar-refractivity contribution in [1.29, 1.82) is 0 Å². The molecule has 1 aromatic rings. The standard InChI is InChI=1S/C16H24N2O2S/c1-2-14-9-16(14)18-21(19,20)11-13-5-3-12(4-6-13)10-17-15-7-8-15/h3-6,14-18H,2,7-11H2,1H3. The summed E-state index contributed by atoms with van der Waals surface area (Å²) in [6.07, 6.45) is 4.60. The van der Waals surface area contributed by atoms with Crippen LogP contribution >= 0.6 is 0 Å². The molecule has 0 saturated heterocycles. The maximum atomic E-state index is 12.1. The Morgan fingerprint density at radius 1 is 1.14 bits per heavy atom. The van der Waals surface area contributed by atoms with Crippen LogP contribution in [-0.4, -0.2) is 20.5 Å². The molecule has 2 saturated carbocycles. The summed E-state index contributed by atoms with van der Waals surface area (Å²) in [7, 11) is -3.21. The first-order chi connectivity index (χ1) is 10.1. The van der Waals surface area contributed by atoms with Crippen LogP contribution in [0.25, 0.3) is 0 Å². The van der Waals surface area contributed by atoms with E-state index >= 15 is 0 Å². The minimum Gasteiger partial charge on any atom is -0.310 e. The topological polar surface area (TPSA) is 58.2 Å². The zero-order valence-corrected chi connectivity index (χ0v) is 13.3. The van der Waals surface area contributed by atoms with E-state index in [1.165, 1.54) is 18.4 Å². The Morgan fingerprint density at radius 3 is 2.38 bits per heavy atom. The van der Waals surface area contributed by atoms with Crippen LogP contribution in [0.1, 0.15) is 43.7 Å². The van der Waals surface area contributed by atoms with Crippen LogP contribution in [-0.2, 0) is 22.3 Å². The highest BCUT2D eigenvalue weighted by molar-refractivity contribution is 7.88. The quantitative estimate of drug-likeness (QED) is 0.774. The molecule has 0 spiro atoms. The number of hydrogen-bond acceptors (Lipinski definition) is 3. The predicted octanol–water partition coefficient (Wildman–Crippen LogP) is 2.16. The SMILES string of the molecule is CCC1CC1NS(=O)(=O)Cc1ccc(CNC2CC2)cc1. The van der Waals surface area contributed by atoms with Gasteiger partial charge in [-0.3, -0.25) is 0 Å². The van der Waals surface area contributed by atoms with Crippen molar-refractivity contribution in [2.24, 2.45) is 5.92 Å². The van der Waals surface area contributed by atoms with E-state index in [0.29, 0.717) is 12.0 Å². The van der Waals surface area contributed by atoms with Crippen LogP contribution in [0.5, 0.6) is 0 Å². The molecule has 0 radical (unpaired) electrons. The second-order valence-corrected chi connectivity index (χ2v) is 8.11. The third-order valence-corrected chi connectivity index (χ3v) is 5.71. The minimum absolute atomic E-state index is 0.0796. The van der Waals surface area contributed by atoms with Crippen molar-refractivity contribution in [3.8, 4) is 0 Å². The van der Waals surface area contributed by atoms with Crippen molar-refractivity contribution in [3.05, 3.63) is 35.4 Å². The molecule has 5 heteroatoms. The predicted molar refractivity (Wildman–Crippen MR) is 84.2 cm³/mol. The van der Waals surface area contributed by atoms with Gasteiger partial charge in [-0.15, -0.1) is 0 Å². The number of benzene rings is 1. The first-order valence-electron chi connectivity index (χ1n) is 7.87. The Balaban J connectivity index is 1.51. The second-order valence-electron chi connectivity index (χ2n) is 6.36. The highest BCUT2D eigenvalue weighted by atomic mass is 32.2. The summed E-state index contributed by atoms with van der Waals surface area (Å²) in [5.41, 5.74) is 2.07. The largest absolute Gasteiger partial charge is 0.310 e. The average molecular weight is 308 g/mol. The second kappa shape index (κ2) is 6.07. The molecule has 2 N–H and O–H groups in total. The molecule has 0 aromatic heterocycles. The summed E-state index contributed by atoms with van der Waals surface area (Å²) in [4.78, 5) is 0.